The highest BCUT2D eigenvalue weighted by molar-refractivity contribution is 14.0. The first kappa shape index (κ1) is 22.7. The summed E-state index contributed by atoms with van der Waals surface area (Å²) in [4.78, 5) is 5.17. The summed E-state index contributed by atoms with van der Waals surface area (Å²) in [5.74, 6) is 0.747. The minimum Gasteiger partial charge on any atom is -0.356 e. The molecule has 1 fully saturated rings. The second kappa shape index (κ2) is 11.3. The third-order valence-electron chi connectivity index (χ3n) is 4.02. The Hall–Kier alpha value is -0.390. The predicted molar refractivity (Wildman–Crippen MR) is 115 cm³/mol. The van der Waals surface area contributed by atoms with Crippen molar-refractivity contribution >= 4 is 51.3 Å². The quantitative estimate of drug-likeness (QED) is 0.261. The van der Waals surface area contributed by atoms with Gasteiger partial charge < -0.3 is 10.6 Å². The standard InChI is InChI=1S/C16H28N4O2S2.HI/c1-3-4-10-18-16(17-2)19-13-14-8-9-15(23-14)24(21,22)20-11-6-5-7-12-20;/h8-9H,3-7,10-13H2,1-2H3,(H2,17,18,19);1H. The van der Waals surface area contributed by atoms with E-state index in [1.807, 2.05) is 6.07 Å². The van der Waals surface area contributed by atoms with Crippen LogP contribution < -0.4 is 10.6 Å². The van der Waals surface area contributed by atoms with Gasteiger partial charge in [-0.25, -0.2) is 8.42 Å². The average Bonchev–Trinajstić information content (AvgIpc) is 3.08. The molecule has 1 saturated heterocycles. The topological polar surface area (TPSA) is 73.8 Å². The van der Waals surface area contributed by atoms with Gasteiger partial charge in [0.05, 0.1) is 6.54 Å². The molecule has 2 N–H and O–H groups in total. The van der Waals surface area contributed by atoms with Crippen LogP contribution in [0.15, 0.2) is 21.3 Å². The summed E-state index contributed by atoms with van der Waals surface area (Å²) in [6, 6.07) is 3.60. The van der Waals surface area contributed by atoms with E-state index in [9.17, 15) is 8.42 Å². The smallest absolute Gasteiger partial charge is 0.252 e. The number of guanidine groups is 1. The molecule has 1 aliphatic heterocycles. The average molecular weight is 500 g/mol. The fourth-order valence-corrected chi connectivity index (χ4v) is 5.57. The van der Waals surface area contributed by atoms with Gasteiger partial charge in [-0.3, -0.25) is 4.99 Å². The number of hydrogen-bond acceptors (Lipinski definition) is 4. The van der Waals surface area contributed by atoms with Gasteiger partial charge >= 0.3 is 0 Å². The van der Waals surface area contributed by atoms with E-state index in [0.29, 0.717) is 23.8 Å². The Balaban J connectivity index is 0.00000312. The van der Waals surface area contributed by atoms with Gasteiger partial charge in [-0.15, -0.1) is 35.3 Å². The monoisotopic (exact) mass is 500 g/mol. The Bertz CT molecular complexity index is 640. The number of sulfonamides is 1. The number of unbranched alkanes of at least 4 members (excludes halogenated alkanes) is 1. The zero-order chi connectivity index (χ0) is 17.4. The lowest BCUT2D eigenvalue weighted by molar-refractivity contribution is 0.347. The Labute approximate surface area is 172 Å². The maximum absolute atomic E-state index is 12.6. The molecule has 0 atom stereocenters. The van der Waals surface area contributed by atoms with Crippen LogP contribution in [0.5, 0.6) is 0 Å². The van der Waals surface area contributed by atoms with Gasteiger partial charge in [-0.2, -0.15) is 4.31 Å². The molecule has 0 amide bonds. The second-order valence-electron chi connectivity index (χ2n) is 5.89. The number of aliphatic imine (C=N–C) groups is 1. The Morgan fingerprint density at radius 2 is 1.96 bits per heavy atom. The largest absolute Gasteiger partial charge is 0.356 e. The molecule has 0 aliphatic carbocycles. The number of nitrogens with one attached hydrogen (secondary N) is 2. The highest BCUT2D eigenvalue weighted by atomic mass is 127. The Morgan fingerprint density at radius 3 is 2.60 bits per heavy atom. The summed E-state index contributed by atoms with van der Waals surface area (Å²) >= 11 is 1.34. The number of nitrogens with zero attached hydrogens (tertiary/aromatic N) is 2. The van der Waals surface area contributed by atoms with Crippen LogP contribution >= 0.6 is 35.3 Å². The first-order valence-electron chi connectivity index (χ1n) is 8.61. The van der Waals surface area contributed by atoms with Crippen molar-refractivity contribution in [2.75, 3.05) is 26.7 Å². The van der Waals surface area contributed by atoms with Gasteiger partial charge in [0.15, 0.2) is 5.96 Å². The lowest BCUT2D eigenvalue weighted by atomic mass is 10.2. The number of thiophene rings is 1. The van der Waals surface area contributed by atoms with Crippen LogP contribution in [-0.4, -0.2) is 45.4 Å². The highest BCUT2D eigenvalue weighted by Gasteiger charge is 2.27. The van der Waals surface area contributed by atoms with Crippen LogP contribution in [0.1, 0.15) is 43.9 Å². The van der Waals surface area contributed by atoms with E-state index < -0.39 is 10.0 Å². The third kappa shape index (κ3) is 6.69. The Kier molecular flexibility index (Phi) is 10.3. The lowest BCUT2D eigenvalue weighted by Gasteiger charge is -2.25. The summed E-state index contributed by atoms with van der Waals surface area (Å²) in [5.41, 5.74) is 0. The molecule has 25 heavy (non-hydrogen) atoms. The van der Waals surface area contributed by atoms with E-state index in [-0.39, 0.29) is 24.0 Å². The Morgan fingerprint density at radius 1 is 1.24 bits per heavy atom. The minimum absolute atomic E-state index is 0. The van der Waals surface area contributed by atoms with Crippen molar-refractivity contribution in [1.82, 2.24) is 14.9 Å². The van der Waals surface area contributed by atoms with Crippen LogP contribution in [0.2, 0.25) is 0 Å². The van der Waals surface area contributed by atoms with Gasteiger partial charge in [-0.05, 0) is 31.4 Å². The first-order valence-corrected chi connectivity index (χ1v) is 10.9. The third-order valence-corrected chi connectivity index (χ3v) is 7.47. The molecule has 1 aromatic rings. The second-order valence-corrected chi connectivity index (χ2v) is 9.22. The van der Waals surface area contributed by atoms with Crippen molar-refractivity contribution in [2.24, 2.45) is 4.99 Å². The van der Waals surface area contributed by atoms with Gasteiger partial charge in [0, 0.05) is 31.6 Å². The van der Waals surface area contributed by atoms with Crippen LogP contribution in [-0.2, 0) is 16.6 Å². The van der Waals surface area contributed by atoms with E-state index in [4.69, 9.17) is 0 Å². The number of hydrogen-bond donors (Lipinski definition) is 2. The van der Waals surface area contributed by atoms with E-state index in [1.165, 1.54) is 11.3 Å². The van der Waals surface area contributed by atoms with Crippen molar-refractivity contribution < 1.29 is 8.42 Å². The molecule has 0 radical (unpaired) electrons. The zero-order valence-corrected chi connectivity index (χ0v) is 18.9. The molecule has 0 unspecified atom stereocenters. The molecule has 1 aromatic heterocycles. The van der Waals surface area contributed by atoms with Crippen LogP contribution in [0.4, 0.5) is 0 Å². The maximum Gasteiger partial charge on any atom is 0.252 e. The molecule has 0 saturated carbocycles. The SMILES string of the molecule is CCCCNC(=NC)NCc1ccc(S(=O)(=O)N2CCCCC2)s1.I. The summed E-state index contributed by atoms with van der Waals surface area (Å²) in [5, 5.41) is 6.48. The van der Waals surface area contributed by atoms with Crippen LogP contribution in [0.25, 0.3) is 0 Å². The summed E-state index contributed by atoms with van der Waals surface area (Å²) in [6.07, 6.45) is 5.26. The van der Waals surface area contributed by atoms with E-state index >= 15 is 0 Å². The first-order chi connectivity index (χ1) is 11.6. The van der Waals surface area contributed by atoms with E-state index in [2.05, 4.69) is 22.5 Å². The zero-order valence-electron chi connectivity index (χ0n) is 15.0. The van der Waals surface area contributed by atoms with Crippen molar-refractivity contribution in [2.45, 2.75) is 49.8 Å². The summed E-state index contributed by atoms with van der Waals surface area (Å²) in [6.45, 7) is 4.89. The summed E-state index contributed by atoms with van der Waals surface area (Å²) in [7, 11) is -1.59. The van der Waals surface area contributed by atoms with Crippen molar-refractivity contribution in [3.63, 3.8) is 0 Å². The summed E-state index contributed by atoms with van der Waals surface area (Å²) < 4.78 is 27.4. The molecule has 1 aliphatic rings. The number of piperidine rings is 1. The van der Waals surface area contributed by atoms with Gasteiger partial charge in [0.2, 0.25) is 0 Å². The minimum atomic E-state index is -3.32. The van der Waals surface area contributed by atoms with E-state index in [1.54, 1.807) is 17.4 Å². The molecule has 144 valence electrons. The lowest BCUT2D eigenvalue weighted by Crippen LogP contribution is -2.37. The van der Waals surface area contributed by atoms with Gasteiger partial charge in [-0.1, -0.05) is 19.8 Å². The van der Waals surface area contributed by atoms with Crippen molar-refractivity contribution in [3.8, 4) is 0 Å². The predicted octanol–water partition coefficient (Wildman–Crippen LogP) is 3.01. The molecule has 0 bridgehead atoms. The van der Waals surface area contributed by atoms with Crippen LogP contribution in [0, 0.1) is 0 Å². The van der Waals surface area contributed by atoms with E-state index in [0.717, 1.165) is 49.5 Å². The molecule has 2 rings (SSSR count). The maximum atomic E-state index is 12.6. The fourth-order valence-electron chi connectivity index (χ4n) is 2.60. The molecule has 9 heteroatoms. The molecule has 0 spiro atoms. The number of rotatable bonds is 7. The highest BCUT2D eigenvalue weighted by Crippen LogP contribution is 2.26. The van der Waals surface area contributed by atoms with Gasteiger partial charge in [0.1, 0.15) is 4.21 Å². The fraction of sp³-hybridized carbons (Fsp3) is 0.688. The van der Waals surface area contributed by atoms with Crippen molar-refractivity contribution in [1.29, 1.82) is 0 Å². The molecule has 6 nitrogen and oxygen atoms in total. The normalized spacial score (nSPS) is 16.3. The van der Waals surface area contributed by atoms with Gasteiger partial charge in [0.25, 0.3) is 10.0 Å². The molecular formula is C16H29IN4O2S2. The molecule has 2 heterocycles. The molecule has 0 aromatic carbocycles. The van der Waals surface area contributed by atoms with Crippen molar-refractivity contribution in [3.05, 3.63) is 17.0 Å². The van der Waals surface area contributed by atoms with Crippen LogP contribution in [0.3, 0.4) is 0 Å². The molecular weight excluding hydrogens is 471 g/mol. The number of halogens is 1.